The number of nitrogens with one attached hydrogen (secondary N) is 1. The molecule has 2 aromatic carbocycles. The van der Waals surface area contributed by atoms with Crippen LogP contribution in [0.3, 0.4) is 0 Å². The average molecular weight is 460 g/mol. The van der Waals surface area contributed by atoms with Gasteiger partial charge >= 0.3 is 0 Å². The fourth-order valence-corrected chi connectivity index (χ4v) is 5.06. The number of nitrogens with zero attached hydrogens (tertiary/aromatic N) is 2. The Morgan fingerprint density at radius 1 is 1.09 bits per heavy atom. The molecule has 0 aliphatic rings. The minimum Gasteiger partial charge on any atom is -0.325 e. The molecule has 4 rings (SSSR count). The Morgan fingerprint density at radius 2 is 1.88 bits per heavy atom. The van der Waals surface area contributed by atoms with Crippen LogP contribution in [0.5, 0.6) is 0 Å². The molecule has 4 aromatic rings. The smallest absolute Gasteiger partial charge is 0.234 e. The highest BCUT2D eigenvalue weighted by molar-refractivity contribution is 7.99. The molecule has 0 saturated carbocycles. The van der Waals surface area contributed by atoms with Gasteiger partial charge < -0.3 is 5.32 Å². The van der Waals surface area contributed by atoms with Crippen LogP contribution in [-0.2, 0) is 4.79 Å². The van der Waals surface area contributed by atoms with Gasteiger partial charge in [0.1, 0.15) is 0 Å². The van der Waals surface area contributed by atoms with Crippen LogP contribution in [0, 0.1) is 6.92 Å². The van der Waals surface area contributed by atoms with Gasteiger partial charge in [0.15, 0.2) is 5.16 Å². The summed E-state index contributed by atoms with van der Waals surface area (Å²) in [6.07, 6.45) is 5.83. The third-order valence-corrected chi connectivity index (χ3v) is 7.23. The molecule has 6 heteroatoms. The van der Waals surface area contributed by atoms with E-state index in [1.165, 1.54) is 37.9 Å². The van der Waals surface area contributed by atoms with Gasteiger partial charge in [-0.3, -0.25) is 4.79 Å². The number of hydrogen-bond donors (Lipinski definition) is 1. The molecule has 0 saturated heterocycles. The topological polar surface area (TPSA) is 54.9 Å². The number of carbonyl (C=O) groups excluding carboxylic acids is 1. The van der Waals surface area contributed by atoms with E-state index in [0.29, 0.717) is 11.1 Å². The molecule has 0 unspecified atom stereocenters. The van der Waals surface area contributed by atoms with Crippen LogP contribution < -0.4 is 5.32 Å². The molecule has 162 valence electrons. The molecule has 0 bridgehead atoms. The van der Waals surface area contributed by atoms with Gasteiger partial charge in [-0.2, -0.15) is 0 Å². The molecule has 2 aromatic heterocycles. The monoisotopic (exact) mass is 459 g/mol. The van der Waals surface area contributed by atoms with Crippen LogP contribution in [0.25, 0.3) is 22.2 Å². The molecule has 0 aliphatic heterocycles. The predicted octanol–water partition coefficient (Wildman–Crippen LogP) is 7.02. The van der Waals surface area contributed by atoms with Crippen LogP contribution in [0.1, 0.15) is 41.5 Å². The first kappa shape index (κ1) is 22.2. The van der Waals surface area contributed by atoms with Gasteiger partial charge in [-0.1, -0.05) is 55.9 Å². The molecule has 0 atom stereocenters. The molecule has 0 spiro atoms. The summed E-state index contributed by atoms with van der Waals surface area (Å²) in [4.78, 5) is 22.4. The summed E-state index contributed by atoms with van der Waals surface area (Å²) in [5, 5.41) is 4.81. The van der Waals surface area contributed by atoms with Crippen molar-refractivity contribution >= 4 is 56.9 Å². The zero-order valence-electron chi connectivity index (χ0n) is 18.3. The van der Waals surface area contributed by atoms with E-state index in [2.05, 4.69) is 66.4 Å². The molecular formula is C26H25N3OS2. The van der Waals surface area contributed by atoms with Gasteiger partial charge in [0.2, 0.25) is 5.91 Å². The van der Waals surface area contributed by atoms with E-state index in [1.54, 1.807) is 17.5 Å². The maximum absolute atomic E-state index is 12.3. The van der Waals surface area contributed by atoms with Crippen molar-refractivity contribution in [3.05, 3.63) is 82.5 Å². The van der Waals surface area contributed by atoms with Crippen molar-refractivity contribution < 1.29 is 4.79 Å². The Balaban J connectivity index is 1.36. The van der Waals surface area contributed by atoms with Crippen molar-refractivity contribution in [1.82, 2.24) is 9.97 Å². The minimum absolute atomic E-state index is 0.0715. The molecular weight excluding hydrogens is 434 g/mol. The van der Waals surface area contributed by atoms with Gasteiger partial charge in [-0.15, -0.1) is 11.3 Å². The van der Waals surface area contributed by atoms with E-state index in [-0.39, 0.29) is 11.7 Å². The van der Waals surface area contributed by atoms with E-state index in [0.717, 1.165) is 11.4 Å². The first-order valence-corrected chi connectivity index (χ1v) is 12.3. The van der Waals surface area contributed by atoms with Crippen molar-refractivity contribution in [2.24, 2.45) is 0 Å². The number of hydrogen-bond acceptors (Lipinski definition) is 5. The highest BCUT2D eigenvalue weighted by Crippen LogP contribution is 2.31. The van der Waals surface area contributed by atoms with Crippen LogP contribution in [0.15, 0.2) is 66.0 Å². The molecule has 0 aliphatic carbocycles. The minimum atomic E-state index is -0.0715. The van der Waals surface area contributed by atoms with E-state index in [9.17, 15) is 4.79 Å². The number of rotatable bonds is 7. The number of carbonyl (C=O) groups is 1. The standard InChI is InChI=1S/C26H25N3OS2/c1-17(2)19-8-10-20(11-9-19)28-25(30)16-31-26-27-15-14-21(29-26)12-13-23-18(3)22-6-4-5-7-24(22)32-23/h4-15,17H,16H2,1-3H3,(H,28,30). The average Bonchev–Trinajstić information content (AvgIpc) is 3.13. The SMILES string of the molecule is Cc1c(C=Cc2ccnc(SCC(=O)Nc3ccc(C(C)C)cc3)n2)sc2ccccc12. The Labute approximate surface area is 196 Å². The number of aryl methyl sites for hydroxylation is 1. The summed E-state index contributed by atoms with van der Waals surface area (Å²) in [6.45, 7) is 6.45. The zero-order valence-corrected chi connectivity index (χ0v) is 20.0. The predicted molar refractivity (Wildman–Crippen MR) is 137 cm³/mol. The van der Waals surface area contributed by atoms with Crippen molar-refractivity contribution in [1.29, 1.82) is 0 Å². The normalized spacial score (nSPS) is 11.5. The Morgan fingerprint density at radius 3 is 2.62 bits per heavy atom. The van der Waals surface area contributed by atoms with Crippen molar-refractivity contribution in [2.45, 2.75) is 31.8 Å². The molecule has 0 radical (unpaired) electrons. The first-order valence-electron chi connectivity index (χ1n) is 10.5. The van der Waals surface area contributed by atoms with E-state index in [1.807, 2.05) is 36.4 Å². The number of amides is 1. The molecule has 4 nitrogen and oxygen atoms in total. The number of anilines is 1. The van der Waals surface area contributed by atoms with Gasteiger partial charge in [-0.05, 0) is 65.8 Å². The number of aromatic nitrogens is 2. The molecule has 1 N–H and O–H groups in total. The lowest BCUT2D eigenvalue weighted by Gasteiger charge is -2.08. The third kappa shape index (κ3) is 5.44. The lowest BCUT2D eigenvalue weighted by atomic mass is 10.0. The largest absolute Gasteiger partial charge is 0.325 e. The third-order valence-electron chi connectivity index (χ3n) is 5.13. The lowest BCUT2D eigenvalue weighted by molar-refractivity contribution is -0.113. The molecule has 1 amide bonds. The van der Waals surface area contributed by atoms with Gasteiger partial charge in [0, 0.05) is 21.5 Å². The van der Waals surface area contributed by atoms with Gasteiger partial charge in [0.05, 0.1) is 11.4 Å². The molecule has 0 fully saturated rings. The lowest BCUT2D eigenvalue weighted by Crippen LogP contribution is -2.14. The quantitative estimate of drug-likeness (QED) is 0.238. The second-order valence-electron chi connectivity index (χ2n) is 7.80. The maximum Gasteiger partial charge on any atom is 0.234 e. The summed E-state index contributed by atoms with van der Waals surface area (Å²) in [5.74, 6) is 0.656. The summed E-state index contributed by atoms with van der Waals surface area (Å²) < 4.78 is 1.29. The Hall–Kier alpha value is -2.96. The fraction of sp³-hybridized carbons (Fsp3) is 0.192. The van der Waals surface area contributed by atoms with Crippen LogP contribution >= 0.6 is 23.1 Å². The fourth-order valence-electron chi connectivity index (χ4n) is 3.31. The summed E-state index contributed by atoms with van der Waals surface area (Å²) in [6, 6.07) is 18.3. The highest BCUT2D eigenvalue weighted by Gasteiger charge is 2.08. The summed E-state index contributed by atoms with van der Waals surface area (Å²) in [5.41, 5.74) is 4.16. The van der Waals surface area contributed by atoms with E-state index >= 15 is 0 Å². The van der Waals surface area contributed by atoms with Crippen molar-refractivity contribution in [3.63, 3.8) is 0 Å². The Bertz CT molecular complexity index is 1260. The van der Waals surface area contributed by atoms with Gasteiger partial charge in [0.25, 0.3) is 0 Å². The number of benzene rings is 2. The van der Waals surface area contributed by atoms with Crippen LogP contribution in [0.4, 0.5) is 5.69 Å². The van der Waals surface area contributed by atoms with Crippen molar-refractivity contribution in [2.75, 3.05) is 11.1 Å². The Kier molecular flexibility index (Phi) is 7.02. The van der Waals surface area contributed by atoms with Crippen LogP contribution in [0.2, 0.25) is 0 Å². The molecule has 32 heavy (non-hydrogen) atoms. The highest BCUT2D eigenvalue weighted by atomic mass is 32.2. The van der Waals surface area contributed by atoms with E-state index in [4.69, 9.17) is 0 Å². The van der Waals surface area contributed by atoms with Crippen LogP contribution in [-0.4, -0.2) is 21.6 Å². The van der Waals surface area contributed by atoms with Crippen molar-refractivity contribution in [3.8, 4) is 0 Å². The maximum atomic E-state index is 12.3. The summed E-state index contributed by atoms with van der Waals surface area (Å²) >= 11 is 3.11. The van der Waals surface area contributed by atoms with E-state index < -0.39 is 0 Å². The second kappa shape index (κ2) is 10.1. The first-order chi connectivity index (χ1) is 15.5. The summed E-state index contributed by atoms with van der Waals surface area (Å²) in [7, 11) is 0. The number of thioether (sulfide) groups is 1. The van der Waals surface area contributed by atoms with Gasteiger partial charge in [-0.25, -0.2) is 9.97 Å². The zero-order chi connectivity index (χ0) is 22.5. The number of fused-ring (bicyclic) bond motifs is 1. The molecule has 2 heterocycles. The second-order valence-corrected chi connectivity index (χ2v) is 9.82. The number of thiophene rings is 1.